The van der Waals surface area contributed by atoms with Crippen LogP contribution in [0.25, 0.3) is 0 Å². The molecule has 3 rings (SSSR count). The molecule has 0 spiro atoms. The molecule has 0 saturated carbocycles. The summed E-state index contributed by atoms with van der Waals surface area (Å²) in [4.78, 5) is 46.6. The first-order chi connectivity index (χ1) is 12.8. The number of fused-ring (bicyclic) bond motifs is 1. The number of nitrogens with zero attached hydrogens (tertiary/aromatic N) is 1. The SMILES string of the molecule is CC(=O)O.O=C(Cc1cccs1)NC1C(=O)N2C(C(=O)O)=C(CO)CSC12.[Na+]. The first-order valence-corrected chi connectivity index (χ1v) is 9.71. The van der Waals surface area contributed by atoms with Gasteiger partial charge in [0.2, 0.25) is 5.91 Å². The van der Waals surface area contributed by atoms with Gasteiger partial charge >= 0.3 is 35.5 Å². The second-order valence-electron chi connectivity index (χ2n) is 5.65. The van der Waals surface area contributed by atoms with E-state index in [-0.39, 0.29) is 47.6 Å². The third kappa shape index (κ3) is 5.82. The molecule has 1 aromatic rings. The number of β-lactam (4-membered cyclic amide) rings is 1. The molecule has 4 N–H and O–H groups in total. The maximum atomic E-state index is 12.2. The number of aliphatic hydroxyl groups is 1. The van der Waals surface area contributed by atoms with Gasteiger partial charge in [-0.3, -0.25) is 19.3 Å². The summed E-state index contributed by atoms with van der Waals surface area (Å²) in [6.07, 6.45) is 0.197. The summed E-state index contributed by atoms with van der Waals surface area (Å²) in [6, 6.07) is 2.97. The molecule has 0 aromatic carbocycles. The molecule has 2 amide bonds. The van der Waals surface area contributed by atoms with Crippen molar-refractivity contribution in [3.63, 3.8) is 0 Å². The molecule has 0 radical (unpaired) electrons. The minimum atomic E-state index is -1.24. The zero-order valence-corrected chi connectivity index (χ0v) is 18.9. The zero-order valence-electron chi connectivity index (χ0n) is 15.2. The second kappa shape index (κ2) is 11.0. The van der Waals surface area contributed by atoms with Crippen LogP contribution in [0.5, 0.6) is 0 Å². The Kier molecular flexibility index (Phi) is 9.67. The Morgan fingerprint density at radius 1 is 1.32 bits per heavy atom. The van der Waals surface area contributed by atoms with Crippen LogP contribution >= 0.6 is 23.1 Å². The quantitative estimate of drug-likeness (QED) is 0.284. The third-order valence-electron chi connectivity index (χ3n) is 3.67. The molecule has 0 aliphatic carbocycles. The smallest absolute Gasteiger partial charge is 0.481 e. The molecule has 1 aromatic heterocycles. The number of hydrogen-bond donors (Lipinski definition) is 4. The number of carboxylic acid groups (broad SMARTS) is 2. The molecule has 146 valence electrons. The van der Waals surface area contributed by atoms with Crippen molar-refractivity contribution in [3.05, 3.63) is 33.7 Å². The van der Waals surface area contributed by atoms with Crippen LogP contribution in [0, 0.1) is 0 Å². The summed E-state index contributed by atoms with van der Waals surface area (Å²) >= 11 is 2.80. The summed E-state index contributed by atoms with van der Waals surface area (Å²) in [6.45, 7) is 0.681. The van der Waals surface area contributed by atoms with Gasteiger partial charge in [0.15, 0.2) is 0 Å². The molecule has 9 nitrogen and oxygen atoms in total. The number of rotatable bonds is 5. The number of nitrogens with one attached hydrogen (secondary N) is 1. The standard InChI is InChI=1S/C14H14N2O5S2.C2H4O2.Na/c17-5-7-6-23-13-10(12(19)16(13)11(7)14(20)21)15-9(18)4-8-2-1-3-22-8;1-2(3)4;/h1-3,10,13,17H,4-6H2,(H,15,18)(H,20,21);1H3,(H,3,4);/q;;+1. The van der Waals surface area contributed by atoms with Gasteiger partial charge in [-0.05, 0) is 17.0 Å². The Morgan fingerprint density at radius 2 is 1.96 bits per heavy atom. The summed E-state index contributed by atoms with van der Waals surface area (Å²) in [5.41, 5.74) is 0.153. The van der Waals surface area contributed by atoms with E-state index in [1.807, 2.05) is 17.5 Å². The normalized spacial score (nSPS) is 20.1. The Labute approximate surface area is 191 Å². The minimum absolute atomic E-state index is 0. The molecule has 0 bridgehead atoms. The van der Waals surface area contributed by atoms with Crippen molar-refractivity contribution in [3.8, 4) is 0 Å². The van der Waals surface area contributed by atoms with Gasteiger partial charge in [0.25, 0.3) is 11.9 Å². The summed E-state index contributed by atoms with van der Waals surface area (Å²) < 4.78 is 0. The third-order valence-corrected chi connectivity index (χ3v) is 5.89. The van der Waals surface area contributed by atoms with Crippen LogP contribution in [0.2, 0.25) is 0 Å². The van der Waals surface area contributed by atoms with Crippen molar-refractivity contribution in [2.45, 2.75) is 24.8 Å². The van der Waals surface area contributed by atoms with Gasteiger partial charge in [0, 0.05) is 17.6 Å². The van der Waals surface area contributed by atoms with E-state index in [1.54, 1.807) is 0 Å². The van der Waals surface area contributed by atoms with Crippen molar-refractivity contribution in [1.29, 1.82) is 0 Å². The molecule has 2 atom stereocenters. The molecule has 2 aliphatic heterocycles. The number of aliphatic hydroxyl groups excluding tert-OH is 1. The average Bonchev–Trinajstić information content (AvgIpc) is 3.10. The van der Waals surface area contributed by atoms with E-state index >= 15 is 0 Å². The molecular formula is C16H18N2NaO7S2+. The minimum Gasteiger partial charge on any atom is -0.481 e. The number of hydrogen-bond acceptors (Lipinski definition) is 7. The number of amides is 2. The van der Waals surface area contributed by atoms with Crippen LogP contribution in [-0.2, 0) is 25.6 Å². The summed E-state index contributed by atoms with van der Waals surface area (Å²) in [7, 11) is 0. The van der Waals surface area contributed by atoms with E-state index in [0.29, 0.717) is 11.3 Å². The van der Waals surface area contributed by atoms with E-state index in [0.717, 1.165) is 16.7 Å². The maximum Gasteiger partial charge on any atom is 1.00 e. The molecular weight excluding hydrogens is 419 g/mol. The van der Waals surface area contributed by atoms with E-state index in [1.165, 1.54) is 23.1 Å². The number of thiophene rings is 1. The van der Waals surface area contributed by atoms with E-state index < -0.39 is 35.9 Å². The van der Waals surface area contributed by atoms with Crippen LogP contribution in [-0.4, -0.2) is 67.7 Å². The number of carbonyl (C=O) groups excluding carboxylic acids is 2. The van der Waals surface area contributed by atoms with E-state index in [9.17, 15) is 24.6 Å². The van der Waals surface area contributed by atoms with Crippen LogP contribution in [0.15, 0.2) is 28.8 Å². The molecule has 1 saturated heterocycles. The van der Waals surface area contributed by atoms with Crippen molar-refractivity contribution < 1.29 is 64.1 Å². The zero-order chi connectivity index (χ0) is 20.1. The van der Waals surface area contributed by atoms with Crippen molar-refractivity contribution in [2.75, 3.05) is 12.4 Å². The summed E-state index contributed by atoms with van der Waals surface area (Å²) in [5.74, 6) is -2.47. The number of thioether (sulfide) groups is 1. The second-order valence-corrected chi connectivity index (χ2v) is 7.78. The van der Waals surface area contributed by atoms with Gasteiger partial charge in [-0.1, -0.05) is 6.07 Å². The van der Waals surface area contributed by atoms with Crippen molar-refractivity contribution in [2.24, 2.45) is 0 Å². The predicted molar refractivity (Wildman–Crippen MR) is 98.1 cm³/mol. The largest absolute Gasteiger partial charge is 1.00 e. The van der Waals surface area contributed by atoms with Gasteiger partial charge in [0.05, 0.1) is 13.0 Å². The van der Waals surface area contributed by atoms with Crippen molar-refractivity contribution in [1.82, 2.24) is 10.2 Å². The Bertz CT molecular complexity index is 778. The van der Waals surface area contributed by atoms with Gasteiger partial charge in [-0.25, -0.2) is 4.79 Å². The predicted octanol–water partition coefficient (Wildman–Crippen LogP) is -2.88. The Morgan fingerprint density at radius 3 is 2.46 bits per heavy atom. The number of aliphatic carboxylic acids is 2. The van der Waals surface area contributed by atoms with Crippen LogP contribution in [0.4, 0.5) is 0 Å². The van der Waals surface area contributed by atoms with E-state index in [4.69, 9.17) is 9.90 Å². The molecule has 2 unspecified atom stereocenters. The topological polar surface area (TPSA) is 144 Å². The van der Waals surface area contributed by atoms with Gasteiger partial charge in [-0.15, -0.1) is 23.1 Å². The summed E-state index contributed by atoms with van der Waals surface area (Å²) in [5, 5.41) is 30.0. The van der Waals surface area contributed by atoms with Crippen LogP contribution in [0.1, 0.15) is 11.8 Å². The average molecular weight is 437 g/mol. The van der Waals surface area contributed by atoms with Gasteiger partial charge in [0.1, 0.15) is 17.1 Å². The first kappa shape index (κ1) is 24.7. The first-order valence-electron chi connectivity index (χ1n) is 7.78. The molecule has 3 heterocycles. The van der Waals surface area contributed by atoms with Crippen LogP contribution in [0.3, 0.4) is 0 Å². The number of carbonyl (C=O) groups is 4. The van der Waals surface area contributed by atoms with Gasteiger partial charge in [-0.2, -0.15) is 0 Å². The molecule has 1 fully saturated rings. The monoisotopic (exact) mass is 437 g/mol. The molecule has 12 heteroatoms. The van der Waals surface area contributed by atoms with E-state index in [2.05, 4.69) is 5.32 Å². The fraction of sp³-hybridized carbons (Fsp3) is 0.375. The van der Waals surface area contributed by atoms with Crippen LogP contribution < -0.4 is 34.9 Å². The maximum absolute atomic E-state index is 12.2. The van der Waals surface area contributed by atoms with Crippen molar-refractivity contribution >= 4 is 46.9 Å². The Hall–Kier alpha value is -1.37. The molecule has 28 heavy (non-hydrogen) atoms. The number of carboxylic acids is 2. The fourth-order valence-electron chi connectivity index (χ4n) is 2.60. The fourth-order valence-corrected chi connectivity index (χ4v) is 4.64. The molecule has 2 aliphatic rings. The Balaban J connectivity index is 0.000000717. The van der Waals surface area contributed by atoms with Gasteiger partial charge < -0.3 is 20.6 Å².